The van der Waals surface area contributed by atoms with Crippen molar-refractivity contribution < 1.29 is 0 Å². The van der Waals surface area contributed by atoms with Crippen LogP contribution >= 0.6 is 12.4 Å². The van der Waals surface area contributed by atoms with Gasteiger partial charge in [-0.15, -0.1) is 12.4 Å². The molecule has 3 N–H and O–H groups in total. The minimum Gasteiger partial charge on any atom is -0.399 e. The molecule has 4 heteroatoms. The summed E-state index contributed by atoms with van der Waals surface area (Å²) in [5, 5.41) is 0. The summed E-state index contributed by atoms with van der Waals surface area (Å²) in [5.74, 6) is 0.866. The smallest absolute Gasteiger partial charge is 0.137 e. The van der Waals surface area contributed by atoms with Crippen LogP contribution in [0.25, 0.3) is 11.4 Å². The molecule has 2 aromatic rings. The number of anilines is 1. The molecule has 0 aliphatic heterocycles. The van der Waals surface area contributed by atoms with E-state index in [1.54, 1.807) is 12.4 Å². The number of nitrogens with two attached hydrogens (primary N) is 1. The highest BCUT2D eigenvalue weighted by Gasteiger charge is 2.03. The number of rotatable bonds is 1. The molecule has 3 nitrogen and oxygen atoms in total. The molecule has 0 unspecified atom stereocenters. The second-order valence-corrected chi connectivity index (χ2v) is 3.01. The SMILES string of the molecule is Cc1ccc(N)cc1-c1ncc[nH]1.Cl. The van der Waals surface area contributed by atoms with Crippen LogP contribution in [0.5, 0.6) is 0 Å². The maximum atomic E-state index is 5.69. The van der Waals surface area contributed by atoms with Gasteiger partial charge in [0.25, 0.3) is 0 Å². The number of H-pyrrole nitrogens is 1. The highest BCUT2D eigenvalue weighted by atomic mass is 35.5. The van der Waals surface area contributed by atoms with Crippen LogP contribution < -0.4 is 5.73 Å². The van der Waals surface area contributed by atoms with E-state index >= 15 is 0 Å². The quantitative estimate of drug-likeness (QED) is 0.709. The number of nitrogens with zero attached hydrogens (tertiary/aromatic N) is 1. The number of benzene rings is 1. The monoisotopic (exact) mass is 209 g/mol. The molecule has 0 radical (unpaired) electrons. The first kappa shape index (κ1) is 10.6. The summed E-state index contributed by atoms with van der Waals surface area (Å²) in [5.41, 5.74) is 8.68. The lowest BCUT2D eigenvalue weighted by Crippen LogP contribution is -1.89. The number of hydrogen-bond acceptors (Lipinski definition) is 2. The third-order valence-electron chi connectivity index (χ3n) is 2.01. The van der Waals surface area contributed by atoms with Gasteiger partial charge in [0.05, 0.1) is 0 Å². The lowest BCUT2D eigenvalue weighted by atomic mass is 10.1. The molecular weight excluding hydrogens is 198 g/mol. The summed E-state index contributed by atoms with van der Waals surface area (Å²) in [4.78, 5) is 7.23. The predicted molar refractivity (Wildman–Crippen MR) is 60.4 cm³/mol. The molecule has 74 valence electrons. The number of aromatic amines is 1. The standard InChI is InChI=1S/C10H11N3.ClH/c1-7-2-3-8(11)6-9(7)10-12-4-5-13-10;/h2-6H,11H2,1H3,(H,12,13);1H. The molecule has 0 bridgehead atoms. The maximum absolute atomic E-state index is 5.69. The normalized spacial score (nSPS) is 9.50. The van der Waals surface area contributed by atoms with Gasteiger partial charge in [-0.2, -0.15) is 0 Å². The van der Waals surface area contributed by atoms with Gasteiger partial charge in [0.15, 0.2) is 0 Å². The number of aromatic nitrogens is 2. The molecule has 1 heterocycles. The molecular formula is C10H12ClN3. The Kier molecular flexibility index (Phi) is 3.14. The number of halogens is 1. The van der Waals surface area contributed by atoms with Gasteiger partial charge in [-0.1, -0.05) is 6.07 Å². The molecule has 0 saturated carbocycles. The average molecular weight is 210 g/mol. The number of imidazole rings is 1. The van der Waals surface area contributed by atoms with Crippen molar-refractivity contribution in [3.8, 4) is 11.4 Å². The number of aryl methyl sites for hydroxylation is 1. The van der Waals surface area contributed by atoms with E-state index in [1.807, 2.05) is 25.1 Å². The van der Waals surface area contributed by atoms with E-state index in [1.165, 1.54) is 5.56 Å². The fourth-order valence-electron chi connectivity index (χ4n) is 1.31. The zero-order valence-corrected chi connectivity index (χ0v) is 8.64. The van der Waals surface area contributed by atoms with Crippen molar-refractivity contribution in [2.45, 2.75) is 6.92 Å². The van der Waals surface area contributed by atoms with Crippen molar-refractivity contribution in [2.75, 3.05) is 5.73 Å². The van der Waals surface area contributed by atoms with Gasteiger partial charge >= 0.3 is 0 Å². The molecule has 14 heavy (non-hydrogen) atoms. The van der Waals surface area contributed by atoms with Gasteiger partial charge in [0, 0.05) is 23.6 Å². The second-order valence-electron chi connectivity index (χ2n) is 3.01. The first-order valence-corrected chi connectivity index (χ1v) is 4.13. The molecule has 0 atom stereocenters. The van der Waals surface area contributed by atoms with Gasteiger partial charge in [0.2, 0.25) is 0 Å². The zero-order valence-electron chi connectivity index (χ0n) is 7.82. The maximum Gasteiger partial charge on any atom is 0.137 e. The predicted octanol–water partition coefficient (Wildman–Crippen LogP) is 2.39. The fourth-order valence-corrected chi connectivity index (χ4v) is 1.31. The first-order chi connectivity index (χ1) is 6.27. The number of nitrogens with one attached hydrogen (secondary N) is 1. The average Bonchev–Trinajstić information content (AvgIpc) is 2.61. The van der Waals surface area contributed by atoms with Crippen LogP contribution in [0.1, 0.15) is 5.56 Å². The van der Waals surface area contributed by atoms with E-state index in [9.17, 15) is 0 Å². The molecule has 0 amide bonds. The Balaban J connectivity index is 0.000000980. The van der Waals surface area contributed by atoms with Crippen molar-refractivity contribution >= 4 is 18.1 Å². The van der Waals surface area contributed by atoms with Crippen LogP contribution in [0, 0.1) is 6.92 Å². The van der Waals surface area contributed by atoms with E-state index in [4.69, 9.17) is 5.73 Å². The third kappa shape index (κ3) is 1.88. The van der Waals surface area contributed by atoms with E-state index in [-0.39, 0.29) is 12.4 Å². The number of hydrogen-bond donors (Lipinski definition) is 2. The van der Waals surface area contributed by atoms with Gasteiger partial charge in [-0.05, 0) is 24.6 Å². The summed E-state index contributed by atoms with van der Waals surface area (Å²) in [6.07, 6.45) is 3.54. The molecule has 0 spiro atoms. The van der Waals surface area contributed by atoms with Crippen LogP contribution in [-0.4, -0.2) is 9.97 Å². The highest BCUT2D eigenvalue weighted by Crippen LogP contribution is 2.21. The Bertz CT molecular complexity index is 409. The Morgan fingerprint density at radius 1 is 1.36 bits per heavy atom. The lowest BCUT2D eigenvalue weighted by molar-refractivity contribution is 1.29. The highest BCUT2D eigenvalue weighted by molar-refractivity contribution is 5.85. The third-order valence-corrected chi connectivity index (χ3v) is 2.01. The summed E-state index contributed by atoms with van der Waals surface area (Å²) >= 11 is 0. The van der Waals surface area contributed by atoms with Gasteiger partial charge < -0.3 is 10.7 Å². The Morgan fingerprint density at radius 3 is 2.79 bits per heavy atom. The summed E-state index contributed by atoms with van der Waals surface area (Å²) in [6, 6.07) is 5.81. The van der Waals surface area contributed by atoms with Crippen LogP contribution in [-0.2, 0) is 0 Å². The topological polar surface area (TPSA) is 54.7 Å². The van der Waals surface area contributed by atoms with Crippen molar-refractivity contribution in [3.05, 3.63) is 36.2 Å². The van der Waals surface area contributed by atoms with E-state index in [0.717, 1.165) is 17.1 Å². The fraction of sp³-hybridized carbons (Fsp3) is 0.100. The molecule has 1 aromatic heterocycles. The molecule has 1 aromatic carbocycles. The summed E-state index contributed by atoms with van der Waals surface area (Å²) < 4.78 is 0. The van der Waals surface area contributed by atoms with Crippen LogP contribution in [0.4, 0.5) is 5.69 Å². The summed E-state index contributed by atoms with van der Waals surface area (Å²) in [6.45, 7) is 2.04. The zero-order chi connectivity index (χ0) is 9.26. The van der Waals surface area contributed by atoms with Gasteiger partial charge in [-0.25, -0.2) is 4.98 Å². The largest absolute Gasteiger partial charge is 0.399 e. The first-order valence-electron chi connectivity index (χ1n) is 4.13. The molecule has 2 rings (SSSR count). The van der Waals surface area contributed by atoms with Crippen LogP contribution in [0.3, 0.4) is 0 Å². The van der Waals surface area contributed by atoms with E-state index < -0.39 is 0 Å². The van der Waals surface area contributed by atoms with Crippen LogP contribution in [0.15, 0.2) is 30.6 Å². The lowest BCUT2D eigenvalue weighted by Gasteiger charge is -2.03. The minimum atomic E-state index is 0. The molecule has 0 fully saturated rings. The van der Waals surface area contributed by atoms with Crippen molar-refractivity contribution in [1.29, 1.82) is 0 Å². The number of nitrogen functional groups attached to an aromatic ring is 1. The Hall–Kier alpha value is -1.48. The van der Waals surface area contributed by atoms with Crippen molar-refractivity contribution in [3.63, 3.8) is 0 Å². The molecule has 0 aliphatic carbocycles. The van der Waals surface area contributed by atoms with E-state index in [0.29, 0.717) is 0 Å². The molecule has 0 saturated heterocycles. The summed E-state index contributed by atoms with van der Waals surface area (Å²) in [7, 11) is 0. The second kappa shape index (κ2) is 4.15. The Labute approximate surface area is 88.8 Å². The minimum absolute atomic E-state index is 0. The van der Waals surface area contributed by atoms with Gasteiger partial charge in [-0.3, -0.25) is 0 Å². The Morgan fingerprint density at radius 2 is 2.14 bits per heavy atom. The molecule has 0 aliphatic rings. The van der Waals surface area contributed by atoms with Crippen LogP contribution in [0.2, 0.25) is 0 Å². The van der Waals surface area contributed by atoms with Gasteiger partial charge in [0.1, 0.15) is 5.82 Å². The van der Waals surface area contributed by atoms with Crippen molar-refractivity contribution in [2.24, 2.45) is 0 Å². The van der Waals surface area contributed by atoms with E-state index in [2.05, 4.69) is 9.97 Å². The van der Waals surface area contributed by atoms with Crippen molar-refractivity contribution in [1.82, 2.24) is 9.97 Å².